The Hall–Kier alpha value is -2.74. The zero-order valence-electron chi connectivity index (χ0n) is 21.0. The van der Waals surface area contributed by atoms with Crippen molar-refractivity contribution in [1.82, 2.24) is 4.90 Å². The molecule has 0 spiro atoms. The molecule has 2 heterocycles. The molecule has 1 unspecified atom stereocenters. The van der Waals surface area contributed by atoms with Crippen LogP contribution in [0.5, 0.6) is 11.5 Å². The predicted molar refractivity (Wildman–Crippen MR) is 139 cm³/mol. The van der Waals surface area contributed by atoms with Crippen LogP contribution < -0.4 is 0 Å². The molecule has 3 rings (SSSR count). The topological polar surface area (TPSA) is 109 Å². The van der Waals surface area contributed by atoms with Crippen LogP contribution in [-0.4, -0.2) is 58.5 Å². The first-order valence-corrected chi connectivity index (χ1v) is 13.3. The number of likely N-dealkylation sites (tertiary alicyclic amines) is 1. The van der Waals surface area contributed by atoms with Gasteiger partial charge in [0.15, 0.2) is 6.61 Å². The number of carbonyl (C=O) groups excluding carboxylic acids is 2. The van der Waals surface area contributed by atoms with Gasteiger partial charge in [-0.2, -0.15) is 0 Å². The third-order valence-electron chi connectivity index (χ3n) is 6.53. The molecule has 0 saturated carbocycles. The average Bonchev–Trinajstić information content (AvgIpc) is 2.86. The number of piperidine rings is 1. The first kappa shape index (κ1) is 27.8. The fraction of sp³-hybridized carbons (Fsp3) is 0.593. The number of halogens is 1. The van der Waals surface area contributed by atoms with Crippen molar-refractivity contribution in [2.24, 2.45) is 5.16 Å². The Morgan fingerprint density at radius 2 is 1.94 bits per heavy atom. The fourth-order valence-electron chi connectivity index (χ4n) is 4.58. The Bertz CT molecular complexity index is 972. The van der Waals surface area contributed by atoms with Crippen LogP contribution >= 0.6 is 11.6 Å². The van der Waals surface area contributed by atoms with E-state index in [0.29, 0.717) is 25.0 Å². The molecule has 1 amide bonds. The van der Waals surface area contributed by atoms with E-state index in [2.05, 4.69) is 11.2 Å². The average molecular weight is 521 g/mol. The molecule has 8 nitrogen and oxygen atoms in total. The monoisotopic (exact) mass is 520 g/mol. The van der Waals surface area contributed by atoms with E-state index in [1.807, 2.05) is 13.0 Å². The number of amides is 1. The molecule has 0 aromatic heterocycles. The predicted octanol–water partition coefficient (Wildman–Crippen LogP) is 5.52. The van der Waals surface area contributed by atoms with Crippen LogP contribution in [-0.2, 0) is 20.8 Å². The molecule has 0 radical (unpaired) electrons. The summed E-state index contributed by atoms with van der Waals surface area (Å²) in [5, 5.41) is 25.0. The van der Waals surface area contributed by atoms with Crippen LogP contribution in [0.15, 0.2) is 23.4 Å². The van der Waals surface area contributed by atoms with Crippen molar-refractivity contribution in [2.75, 3.05) is 19.7 Å². The number of phenols is 2. The van der Waals surface area contributed by atoms with Gasteiger partial charge in [-0.15, -0.1) is 0 Å². The van der Waals surface area contributed by atoms with Crippen LogP contribution in [0.2, 0.25) is 5.02 Å². The Morgan fingerprint density at radius 1 is 1.17 bits per heavy atom. The maximum atomic E-state index is 13.2. The quantitative estimate of drug-likeness (QED) is 0.300. The van der Waals surface area contributed by atoms with Crippen LogP contribution in [0.1, 0.15) is 87.1 Å². The summed E-state index contributed by atoms with van der Waals surface area (Å²) < 4.78 is 5.74. The number of carbonyl (C=O) groups is 2. The summed E-state index contributed by atoms with van der Waals surface area (Å²) in [6.45, 7) is 3.31. The zero-order valence-corrected chi connectivity index (χ0v) is 21.8. The number of benzene rings is 1. The molecule has 0 aliphatic carbocycles. The minimum absolute atomic E-state index is 0.0455. The normalized spacial score (nSPS) is 21.8. The van der Waals surface area contributed by atoms with Crippen LogP contribution in [0.25, 0.3) is 0 Å². The molecular formula is C27H37ClN2O6. The number of nitrogens with zero attached hydrogens (tertiary/aromatic N) is 2. The fourth-order valence-corrected chi connectivity index (χ4v) is 4.79. The molecule has 1 atom stereocenters. The van der Waals surface area contributed by atoms with E-state index in [-0.39, 0.29) is 46.9 Å². The molecule has 2 aliphatic rings. The minimum Gasteiger partial charge on any atom is -0.507 e. The maximum absolute atomic E-state index is 13.2. The smallest absolute Gasteiger partial charge is 0.342 e. The Labute approximate surface area is 217 Å². The van der Waals surface area contributed by atoms with Crippen molar-refractivity contribution < 1.29 is 29.4 Å². The van der Waals surface area contributed by atoms with Gasteiger partial charge in [0, 0.05) is 32.0 Å². The summed E-state index contributed by atoms with van der Waals surface area (Å²) in [5.41, 5.74) is 0.706. The Kier molecular flexibility index (Phi) is 10.9. The van der Waals surface area contributed by atoms with Crippen molar-refractivity contribution in [1.29, 1.82) is 0 Å². The lowest BCUT2D eigenvalue weighted by molar-refractivity contribution is -0.137. The molecule has 36 heavy (non-hydrogen) atoms. The van der Waals surface area contributed by atoms with Gasteiger partial charge in [-0.1, -0.05) is 42.3 Å². The highest BCUT2D eigenvalue weighted by Gasteiger charge is 2.27. The van der Waals surface area contributed by atoms with E-state index in [4.69, 9.17) is 21.2 Å². The molecule has 1 saturated heterocycles. The second-order valence-corrected chi connectivity index (χ2v) is 9.78. The first-order valence-electron chi connectivity index (χ1n) is 13.0. The third-order valence-corrected chi connectivity index (χ3v) is 6.95. The van der Waals surface area contributed by atoms with Crippen molar-refractivity contribution in [3.05, 3.63) is 34.4 Å². The highest BCUT2D eigenvalue weighted by Crippen LogP contribution is 2.37. The summed E-state index contributed by atoms with van der Waals surface area (Å²) in [6, 6.07) is 1.05. The molecule has 1 aromatic carbocycles. The van der Waals surface area contributed by atoms with Crippen molar-refractivity contribution in [3.63, 3.8) is 0 Å². The molecule has 9 heteroatoms. The lowest BCUT2D eigenvalue weighted by Crippen LogP contribution is -2.37. The summed E-state index contributed by atoms with van der Waals surface area (Å²) in [4.78, 5) is 32.9. The van der Waals surface area contributed by atoms with Gasteiger partial charge in [-0.05, 0) is 56.9 Å². The van der Waals surface area contributed by atoms with E-state index in [9.17, 15) is 19.8 Å². The van der Waals surface area contributed by atoms with Gasteiger partial charge in [0.1, 0.15) is 23.2 Å². The second kappa shape index (κ2) is 14.1. The van der Waals surface area contributed by atoms with E-state index in [0.717, 1.165) is 64.1 Å². The van der Waals surface area contributed by atoms with Gasteiger partial charge in [-0.25, -0.2) is 4.79 Å². The number of allylic oxidation sites excluding steroid dienone is 1. The number of fused-ring (bicyclic) bond motifs is 1. The Balaban J connectivity index is 1.86. The van der Waals surface area contributed by atoms with Gasteiger partial charge in [0.2, 0.25) is 0 Å². The highest BCUT2D eigenvalue weighted by molar-refractivity contribution is 6.33. The SMILES string of the molecule is CCCC1C/C=C/CCCC/C(=N/OCC(=O)N2CCCCC2)Cc2c(Cl)c(O)cc(O)c2C(=O)O1. The second-order valence-electron chi connectivity index (χ2n) is 9.40. The summed E-state index contributed by atoms with van der Waals surface area (Å²) in [5.74, 6) is -1.55. The number of oxime groups is 1. The van der Waals surface area contributed by atoms with Crippen LogP contribution in [0, 0.1) is 0 Å². The number of rotatable bonds is 5. The number of cyclic esters (lactones) is 1. The van der Waals surface area contributed by atoms with Crippen molar-refractivity contribution in [2.45, 2.75) is 83.7 Å². The van der Waals surface area contributed by atoms with Gasteiger partial charge in [-0.3, -0.25) is 4.79 Å². The lowest BCUT2D eigenvalue weighted by Gasteiger charge is -2.26. The number of aromatic hydroxyl groups is 2. The Morgan fingerprint density at radius 3 is 2.69 bits per heavy atom. The van der Waals surface area contributed by atoms with Gasteiger partial charge >= 0.3 is 5.97 Å². The first-order chi connectivity index (χ1) is 17.4. The summed E-state index contributed by atoms with van der Waals surface area (Å²) in [7, 11) is 0. The molecule has 1 aromatic rings. The molecular weight excluding hydrogens is 484 g/mol. The number of hydrogen-bond acceptors (Lipinski definition) is 7. The highest BCUT2D eigenvalue weighted by atomic mass is 35.5. The minimum atomic E-state index is -0.700. The molecule has 0 bridgehead atoms. The number of phenolic OH excluding ortho intramolecular Hbond substituents is 2. The van der Waals surface area contributed by atoms with Crippen molar-refractivity contribution >= 4 is 29.2 Å². The molecule has 2 aliphatic heterocycles. The van der Waals surface area contributed by atoms with Gasteiger partial charge in [0.05, 0.1) is 10.7 Å². The standard InChI is InChI=1S/C27H37ClN2O6/c1-2-11-20-13-8-5-3-4-7-12-19(29-35-18-24(33)30-14-9-6-10-15-30)16-21-25(27(34)36-20)22(31)17-23(32)26(21)28/h5,8,17,20,31-32H,2-4,6-7,9-16,18H2,1H3/b8-5+,29-19-. The summed E-state index contributed by atoms with van der Waals surface area (Å²) in [6.07, 6.45) is 12.2. The summed E-state index contributed by atoms with van der Waals surface area (Å²) >= 11 is 6.41. The van der Waals surface area contributed by atoms with Crippen molar-refractivity contribution in [3.8, 4) is 11.5 Å². The molecule has 2 N–H and O–H groups in total. The molecule has 1 fully saturated rings. The zero-order chi connectivity index (χ0) is 25.9. The number of esters is 1. The van der Waals surface area contributed by atoms with Gasteiger partial charge < -0.3 is 24.7 Å². The van der Waals surface area contributed by atoms with E-state index in [1.165, 1.54) is 0 Å². The maximum Gasteiger partial charge on any atom is 0.342 e. The number of ether oxygens (including phenoxy) is 1. The van der Waals surface area contributed by atoms with E-state index in [1.54, 1.807) is 4.90 Å². The van der Waals surface area contributed by atoms with E-state index < -0.39 is 11.7 Å². The number of hydrogen-bond donors (Lipinski definition) is 2. The van der Waals surface area contributed by atoms with Gasteiger partial charge in [0.25, 0.3) is 5.91 Å². The third kappa shape index (κ3) is 7.88. The lowest BCUT2D eigenvalue weighted by atomic mass is 9.97. The molecule has 198 valence electrons. The largest absolute Gasteiger partial charge is 0.507 e. The van der Waals surface area contributed by atoms with Crippen LogP contribution in [0.3, 0.4) is 0 Å². The van der Waals surface area contributed by atoms with Crippen LogP contribution in [0.4, 0.5) is 0 Å². The van der Waals surface area contributed by atoms with E-state index >= 15 is 0 Å².